The number of nitrogens with one attached hydrogen (secondary N) is 2. The van der Waals surface area contributed by atoms with Gasteiger partial charge in [0.1, 0.15) is 16.9 Å². The minimum Gasteiger partial charge on any atom is -0.477 e. The van der Waals surface area contributed by atoms with Gasteiger partial charge < -0.3 is 26.0 Å². The summed E-state index contributed by atoms with van der Waals surface area (Å²) >= 11 is 0. The highest BCUT2D eigenvalue weighted by Gasteiger charge is 2.31. The van der Waals surface area contributed by atoms with Crippen molar-refractivity contribution in [1.29, 1.82) is 0 Å². The zero-order chi connectivity index (χ0) is 23.0. The molecule has 0 aliphatic heterocycles. The van der Waals surface area contributed by atoms with Crippen molar-refractivity contribution in [2.75, 3.05) is 24.1 Å². The number of nitrogens with two attached hydrogens (primary N) is 1. The number of fused-ring (bicyclic) bond motifs is 1. The van der Waals surface area contributed by atoms with E-state index in [2.05, 4.69) is 15.6 Å². The van der Waals surface area contributed by atoms with Crippen molar-refractivity contribution in [3.8, 4) is 0 Å². The van der Waals surface area contributed by atoms with E-state index in [1.165, 1.54) is 16.8 Å². The summed E-state index contributed by atoms with van der Waals surface area (Å²) in [7, 11) is 0. The van der Waals surface area contributed by atoms with E-state index >= 15 is 4.39 Å². The fourth-order valence-corrected chi connectivity index (χ4v) is 3.47. The number of benzene rings is 1. The number of hydrogen-bond acceptors (Lipinski definition) is 6. The van der Waals surface area contributed by atoms with E-state index in [0.717, 1.165) is 6.20 Å². The second-order valence-corrected chi connectivity index (χ2v) is 7.35. The van der Waals surface area contributed by atoms with Crippen LogP contribution in [0.5, 0.6) is 0 Å². The number of anilines is 2. The van der Waals surface area contributed by atoms with E-state index in [1.54, 1.807) is 12.1 Å². The van der Waals surface area contributed by atoms with Gasteiger partial charge in [-0.1, -0.05) is 6.07 Å². The second kappa shape index (κ2) is 8.25. The van der Waals surface area contributed by atoms with Crippen molar-refractivity contribution in [1.82, 2.24) is 14.9 Å². The Labute approximate surface area is 179 Å². The Morgan fingerprint density at radius 2 is 1.97 bits per heavy atom. The normalized spacial score (nSPS) is 13.2. The third kappa shape index (κ3) is 3.72. The first-order chi connectivity index (χ1) is 15.3. The number of nitrogens with zero attached hydrogens (tertiary/aromatic N) is 2. The number of carboxylic acid groups (broad SMARTS) is 1. The van der Waals surface area contributed by atoms with E-state index in [0.29, 0.717) is 12.8 Å². The lowest BCUT2D eigenvalue weighted by atomic mass is 10.1. The lowest BCUT2D eigenvalue weighted by molar-refractivity contribution is 0.0694. The van der Waals surface area contributed by atoms with Gasteiger partial charge in [-0.2, -0.15) is 0 Å². The van der Waals surface area contributed by atoms with Gasteiger partial charge in [0.15, 0.2) is 11.6 Å². The van der Waals surface area contributed by atoms with Gasteiger partial charge in [0.25, 0.3) is 5.91 Å². The zero-order valence-electron chi connectivity index (χ0n) is 16.7. The number of halogens is 2. The van der Waals surface area contributed by atoms with Crippen LogP contribution in [0.15, 0.2) is 35.4 Å². The van der Waals surface area contributed by atoms with E-state index in [-0.39, 0.29) is 30.3 Å². The van der Waals surface area contributed by atoms with Crippen LogP contribution in [0.25, 0.3) is 10.9 Å². The molecule has 1 aliphatic rings. The van der Waals surface area contributed by atoms with Crippen molar-refractivity contribution >= 4 is 34.2 Å². The van der Waals surface area contributed by atoms with Gasteiger partial charge in [-0.05, 0) is 25.0 Å². The van der Waals surface area contributed by atoms with Gasteiger partial charge in [0, 0.05) is 31.5 Å². The third-order valence-electron chi connectivity index (χ3n) is 5.17. The molecule has 4 rings (SSSR count). The first kappa shape index (κ1) is 21.2. The predicted molar refractivity (Wildman–Crippen MR) is 113 cm³/mol. The SMILES string of the molecule is Nc1c(F)c(NCCNC(=O)c2ccccn2)c(F)c2c1c(=O)c(C(=O)O)cn2C1CC1. The van der Waals surface area contributed by atoms with Crippen LogP contribution >= 0.6 is 0 Å². The van der Waals surface area contributed by atoms with Gasteiger partial charge in [-0.15, -0.1) is 0 Å². The molecule has 0 radical (unpaired) electrons. The van der Waals surface area contributed by atoms with E-state index in [9.17, 15) is 23.9 Å². The number of amides is 1. The molecule has 1 aromatic carbocycles. The largest absolute Gasteiger partial charge is 0.477 e. The lowest BCUT2D eigenvalue weighted by Gasteiger charge is -2.18. The molecule has 1 fully saturated rings. The van der Waals surface area contributed by atoms with Crippen LogP contribution in [0.1, 0.15) is 39.7 Å². The minimum atomic E-state index is -1.50. The minimum absolute atomic E-state index is 0.0274. The van der Waals surface area contributed by atoms with Crippen LogP contribution in [0, 0.1) is 11.6 Å². The molecule has 11 heteroatoms. The maximum absolute atomic E-state index is 15.4. The smallest absolute Gasteiger partial charge is 0.341 e. The molecule has 0 spiro atoms. The number of rotatable bonds is 7. The highest BCUT2D eigenvalue weighted by molar-refractivity contribution is 5.99. The van der Waals surface area contributed by atoms with E-state index in [1.807, 2.05) is 0 Å². The molecule has 166 valence electrons. The Hall–Kier alpha value is -4.02. The molecule has 0 unspecified atom stereocenters. The van der Waals surface area contributed by atoms with Crippen molar-refractivity contribution in [2.45, 2.75) is 18.9 Å². The first-order valence-corrected chi connectivity index (χ1v) is 9.83. The van der Waals surface area contributed by atoms with Gasteiger partial charge >= 0.3 is 5.97 Å². The number of aromatic carboxylic acids is 1. The molecular formula is C21H19F2N5O4. The highest BCUT2D eigenvalue weighted by atomic mass is 19.1. The number of pyridine rings is 2. The molecular weight excluding hydrogens is 424 g/mol. The first-order valence-electron chi connectivity index (χ1n) is 9.83. The highest BCUT2D eigenvalue weighted by Crippen LogP contribution is 2.40. The molecule has 0 atom stereocenters. The Morgan fingerprint density at radius 1 is 1.22 bits per heavy atom. The predicted octanol–water partition coefficient (Wildman–Crippen LogP) is 2.13. The maximum atomic E-state index is 15.4. The Kier molecular flexibility index (Phi) is 5.47. The Bertz CT molecular complexity index is 1290. The number of nitrogen functional groups attached to an aromatic ring is 1. The summed E-state index contributed by atoms with van der Waals surface area (Å²) in [6.07, 6.45) is 3.86. The number of carboxylic acids is 1. The van der Waals surface area contributed by atoms with Gasteiger partial charge in [0.05, 0.1) is 16.6 Å². The Balaban J connectivity index is 1.65. The topological polar surface area (TPSA) is 139 Å². The summed E-state index contributed by atoms with van der Waals surface area (Å²) in [6.45, 7) is -0.0160. The number of hydrogen-bond donors (Lipinski definition) is 4. The van der Waals surface area contributed by atoms with Gasteiger partial charge in [0.2, 0.25) is 5.43 Å². The molecule has 1 aliphatic carbocycles. The Morgan fingerprint density at radius 3 is 2.59 bits per heavy atom. The average Bonchev–Trinajstić information content (AvgIpc) is 3.62. The number of aromatic nitrogens is 2. The molecule has 0 bridgehead atoms. The van der Waals surface area contributed by atoms with Crippen LogP contribution < -0.4 is 21.8 Å². The number of carbonyl (C=O) groups excluding carboxylic acids is 1. The summed E-state index contributed by atoms with van der Waals surface area (Å²) in [5, 5.41) is 13.9. The quantitative estimate of drug-likeness (QED) is 0.324. The van der Waals surface area contributed by atoms with Crippen molar-refractivity contribution < 1.29 is 23.5 Å². The van der Waals surface area contributed by atoms with E-state index in [4.69, 9.17) is 5.73 Å². The monoisotopic (exact) mass is 443 g/mol. The van der Waals surface area contributed by atoms with Crippen molar-refractivity contribution in [2.24, 2.45) is 0 Å². The molecule has 5 N–H and O–H groups in total. The molecule has 0 saturated heterocycles. The fourth-order valence-electron chi connectivity index (χ4n) is 3.47. The fraction of sp³-hybridized carbons (Fsp3) is 0.238. The lowest BCUT2D eigenvalue weighted by Crippen LogP contribution is -2.30. The van der Waals surface area contributed by atoms with Crippen LogP contribution in [0.3, 0.4) is 0 Å². The molecule has 32 heavy (non-hydrogen) atoms. The van der Waals surface area contributed by atoms with Crippen LogP contribution in [0.4, 0.5) is 20.2 Å². The summed E-state index contributed by atoms with van der Waals surface area (Å²) in [5.74, 6) is -4.20. The molecule has 2 heterocycles. The number of carbonyl (C=O) groups is 2. The van der Waals surface area contributed by atoms with Crippen LogP contribution in [0.2, 0.25) is 0 Å². The van der Waals surface area contributed by atoms with Crippen LogP contribution in [-0.2, 0) is 0 Å². The van der Waals surface area contributed by atoms with Gasteiger partial charge in [-0.3, -0.25) is 14.6 Å². The average molecular weight is 443 g/mol. The standard InChI is InChI=1S/C21H19F2N5O4/c22-14-16(24)13-18(28(10-4-5-10)9-11(19(13)29)21(31)32)15(23)17(14)26-7-8-27-20(30)12-3-1-2-6-25-12/h1-3,6,9-10,26H,4-5,7-8,24H2,(H,27,30)(H,31,32). The summed E-state index contributed by atoms with van der Waals surface area (Å²) in [6, 6.07) is 4.63. The van der Waals surface area contributed by atoms with E-state index < -0.39 is 51.3 Å². The second-order valence-electron chi connectivity index (χ2n) is 7.35. The molecule has 1 saturated carbocycles. The molecule has 9 nitrogen and oxygen atoms in total. The zero-order valence-corrected chi connectivity index (χ0v) is 16.7. The molecule has 1 amide bonds. The third-order valence-corrected chi connectivity index (χ3v) is 5.17. The summed E-state index contributed by atoms with van der Waals surface area (Å²) in [4.78, 5) is 40.0. The summed E-state index contributed by atoms with van der Waals surface area (Å²) in [5.41, 5.74) is 2.91. The van der Waals surface area contributed by atoms with Crippen molar-refractivity contribution in [3.63, 3.8) is 0 Å². The van der Waals surface area contributed by atoms with Crippen molar-refractivity contribution in [3.05, 3.63) is 63.7 Å². The molecule has 3 aromatic rings. The maximum Gasteiger partial charge on any atom is 0.341 e. The molecule has 2 aromatic heterocycles. The van der Waals surface area contributed by atoms with Gasteiger partial charge in [-0.25, -0.2) is 13.6 Å². The summed E-state index contributed by atoms with van der Waals surface area (Å²) < 4.78 is 31.6. The van der Waals surface area contributed by atoms with Crippen LogP contribution in [-0.4, -0.2) is 39.6 Å².